The van der Waals surface area contributed by atoms with Crippen LogP contribution in [-0.2, 0) is 11.2 Å². The molecule has 1 saturated heterocycles. The molecule has 2 rings (SSSR count). The van der Waals surface area contributed by atoms with Crippen LogP contribution in [0.1, 0.15) is 25.3 Å². The number of carbonyl (C=O) groups is 1. The number of nitro groups is 1. The number of carbonyl (C=O) groups excluding carboxylic acids is 1. The molecule has 1 amide bonds. The van der Waals surface area contributed by atoms with Crippen molar-refractivity contribution in [3.63, 3.8) is 0 Å². The lowest BCUT2D eigenvalue weighted by Gasteiger charge is -2.32. The van der Waals surface area contributed by atoms with Gasteiger partial charge in [-0.05, 0) is 38.3 Å². The molecule has 1 heterocycles. The van der Waals surface area contributed by atoms with E-state index in [1.165, 1.54) is 12.1 Å². The fourth-order valence-electron chi connectivity index (χ4n) is 2.57. The van der Waals surface area contributed by atoms with Gasteiger partial charge in [0.15, 0.2) is 0 Å². The third kappa shape index (κ3) is 4.68. The molecule has 0 spiro atoms. The summed E-state index contributed by atoms with van der Waals surface area (Å²) < 4.78 is 0. The fraction of sp³-hybridized carbons (Fsp3) is 0.533. The van der Waals surface area contributed by atoms with Crippen LogP contribution >= 0.6 is 12.4 Å². The molecule has 1 aromatic rings. The van der Waals surface area contributed by atoms with E-state index in [-0.39, 0.29) is 29.4 Å². The van der Waals surface area contributed by atoms with E-state index in [0.29, 0.717) is 13.0 Å². The first-order chi connectivity index (χ1) is 10.0. The predicted molar refractivity (Wildman–Crippen MR) is 87.3 cm³/mol. The van der Waals surface area contributed by atoms with Gasteiger partial charge in [-0.2, -0.15) is 0 Å². The highest BCUT2D eigenvalue weighted by Gasteiger charge is 2.34. The SMILES string of the molecule is CC1(C(=O)NCCc2ccc([N+](=O)[O-])cc2)CCCNC1.Cl. The van der Waals surface area contributed by atoms with Gasteiger partial charge in [0.2, 0.25) is 5.91 Å². The molecule has 0 aromatic heterocycles. The van der Waals surface area contributed by atoms with Crippen molar-refractivity contribution in [2.75, 3.05) is 19.6 Å². The highest BCUT2D eigenvalue weighted by atomic mass is 35.5. The maximum Gasteiger partial charge on any atom is 0.269 e. The standard InChI is InChI=1S/C15H21N3O3.ClH/c1-15(8-2-9-16-11-15)14(19)17-10-7-12-3-5-13(6-4-12)18(20)21;/h3-6,16H,2,7-11H2,1H3,(H,17,19);1H. The van der Waals surface area contributed by atoms with Crippen LogP contribution in [0.4, 0.5) is 5.69 Å². The first-order valence-electron chi connectivity index (χ1n) is 7.24. The lowest BCUT2D eigenvalue weighted by molar-refractivity contribution is -0.384. The molecule has 1 aliphatic heterocycles. The number of halogens is 1. The van der Waals surface area contributed by atoms with Crippen molar-refractivity contribution in [2.24, 2.45) is 5.41 Å². The normalized spacial score (nSPS) is 20.8. The summed E-state index contributed by atoms with van der Waals surface area (Å²) in [5, 5.41) is 16.8. The molecule has 22 heavy (non-hydrogen) atoms. The monoisotopic (exact) mass is 327 g/mol. The van der Waals surface area contributed by atoms with E-state index < -0.39 is 4.92 Å². The Morgan fingerprint density at radius 2 is 2.09 bits per heavy atom. The zero-order chi connectivity index (χ0) is 15.3. The Labute approximate surface area is 136 Å². The van der Waals surface area contributed by atoms with Crippen molar-refractivity contribution in [3.05, 3.63) is 39.9 Å². The van der Waals surface area contributed by atoms with Crippen LogP contribution in [0.25, 0.3) is 0 Å². The van der Waals surface area contributed by atoms with Gasteiger partial charge >= 0.3 is 0 Å². The van der Waals surface area contributed by atoms with Crippen molar-refractivity contribution >= 4 is 24.0 Å². The van der Waals surface area contributed by atoms with E-state index in [1.54, 1.807) is 12.1 Å². The number of nitrogens with zero attached hydrogens (tertiary/aromatic N) is 1. The molecular weight excluding hydrogens is 306 g/mol. The van der Waals surface area contributed by atoms with E-state index in [0.717, 1.165) is 31.5 Å². The average Bonchev–Trinajstić information content (AvgIpc) is 2.48. The Hall–Kier alpha value is -1.66. The molecule has 0 saturated carbocycles. The number of amides is 1. The quantitative estimate of drug-likeness (QED) is 0.640. The van der Waals surface area contributed by atoms with Gasteiger partial charge < -0.3 is 10.6 Å². The molecule has 1 aromatic carbocycles. The van der Waals surface area contributed by atoms with Crippen molar-refractivity contribution in [1.82, 2.24) is 10.6 Å². The lowest BCUT2D eigenvalue weighted by Crippen LogP contribution is -2.49. The number of nitrogens with one attached hydrogen (secondary N) is 2. The van der Waals surface area contributed by atoms with Crippen LogP contribution in [0.3, 0.4) is 0 Å². The number of piperidine rings is 1. The summed E-state index contributed by atoms with van der Waals surface area (Å²) in [6, 6.07) is 6.44. The van der Waals surface area contributed by atoms with E-state index in [9.17, 15) is 14.9 Å². The molecule has 1 aliphatic rings. The van der Waals surface area contributed by atoms with Gasteiger partial charge in [0.05, 0.1) is 10.3 Å². The molecule has 1 atom stereocenters. The number of hydrogen-bond donors (Lipinski definition) is 2. The molecule has 0 radical (unpaired) electrons. The summed E-state index contributed by atoms with van der Waals surface area (Å²) in [4.78, 5) is 22.4. The van der Waals surface area contributed by atoms with Crippen molar-refractivity contribution in [2.45, 2.75) is 26.2 Å². The second kappa shape index (κ2) is 8.10. The number of rotatable bonds is 5. The third-order valence-electron chi connectivity index (χ3n) is 3.99. The van der Waals surface area contributed by atoms with Gasteiger partial charge in [0.25, 0.3) is 5.69 Å². The first-order valence-corrected chi connectivity index (χ1v) is 7.24. The second-order valence-corrected chi connectivity index (χ2v) is 5.77. The van der Waals surface area contributed by atoms with Crippen LogP contribution in [0.5, 0.6) is 0 Å². The van der Waals surface area contributed by atoms with Gasteiger partial charge in [-0.1, -0.05) is 12.1 Å². The Morgan fingerprint density at radius 1 is 1.41 bits per heavy atom. The molecule has 6 nitrogen and oxygen atoms in total. The fourth-order valence-corrected chi connectivity index (χ4v) is 2.57. The molecule has 0 bridgehead atoms. The van der Waals surface area contributed by atoms with Crippen molar-refractivity contribution in [1.29, 1.82) is 0 Å². The summed E-state index contributed by atoms with van der Waals surface area (Å²) >= 11 is 0. The van der Waals surface area contributed by atoms with E-state index >= 15 is 0 Å². The predicted octanol–water partition coefficient (Wildman–Crippen LogP) is 2.06. The third-order valence-corrected chi connectivity index (χ3v) is 3.99. The van der Waals surface area contributed by atoms with Crippen LogP contribution in [0.15, 0.2) is 24.3 Å². The maximum atomic E-state index is 12.2. The molecule has 0 aliphatic carbocycles. The average molecular weight is 328 g/mol. The minimum Gasteiger partial charge on any atom is -0.355 e. The molecule has 7 heteroatoms. The van der Waals surface area contributed by atoms with Crippen LogP contribution in [0.2, 0.25) is 0 Å². The highest BCUT2D eigenvalue weighted by Crippen LogP contribution is 2.25. The summed E-state index contributed by atoms with van der Waals surface area (Å²) in [7, 11) is 0. The van der Waals surface area contributed by atoms with E-state index in [2.05, 4.69) is 10.6 Å². The number of nitro benzene ring substituents is 1. The molecule has 1 unspecified atom stereocenters. The van der Waals surface area contributed by atoms with Gasteiger partial charge in [0, 0.05) is 25.2 Å². The number of non-ortho nitro benzene ring substituents is 1. The summed E-state index contributed by atoms with van der Waals surface area (Å²) in [5.74, 6) is 0.0802. The Bertz CT molecular complexity index is 513. The van der Waals surface area contributed by atoms with Crippen LogP contribution < -0.4 is 10.6 Å². The molecule has 2 N–H and O–H groups in total. The van der Waals surface area contributed by atoms with Crippen LogP contribution in [-0.4, -0.2) is 30.5 Å². The lowest BCUT2D eigenvalue weighted by atomic mass is 9.82. The Balaban J connectivity index is 0.00000242. The second-order valence-electron chi connectivity index (χ2n) is 5.77. The van der Waals surface area contributed by atoms with Crippen molar-refractivity contribution < 1.29 is 9.72 Å². The summed E-state index contributed by atoms with van der Waals surface area (Å²) in [6.07, 6.45) is 2.60. The molecular formula is C15H22ClN3O3. The number of hydrogen-bond acceptors (Lipinski definition) is 4. The van der Waals surface area contributed by atoms with Gasteiger partial charge in [-0.3, -0.25) is 14.9 Å². The zero-order valence-electron chi connectivity index (χ0n) is 12.6. The van der Waals surface area contributed by atoms with E-state index in [4.69, 9.17) is 0 Å². The topological polar surface area (TPSA) is 84.3 Å². The maximum absolute atomic E-state index is 12.2. The van der Waals surface area contributed by atoms with Crippen molar-refractivity contribution in [3.8, 4) is 0 Å². The minimum absolute atomic E-state index is 0. The first kappa shape index (κ1) is 18.4. The van der Waals surface area contributed by atoms with Gasteiger partial charge in [-0.25, -0.2) is 0 Å². The van der Waals surface area contributed by atoms with E-state index in [1.807, 2.05) is 6.92 Å². The van der Waals surface area contributed by atoms with Gasteiger partial charge in [0.1, 0.15) is 0 Å². The summed E-state index contributed by atoms with van der Waals surface area (Å²) in [6.45, 7) is 4.23. The highest BCUT2D eigenvalue weighted by molar-refractivity contribution is 5.85. The number of benzene rings is 1. The Morgan fingerprint density at radius 3 is 2.64 bits per heavy atom. The largest absolute Gasteiger partial charge is 0.355 e. The molecule has 122 valence electrons. The minimum atomic E-state index is -0.414. The van der Waals surface area contributed by atoms with Crippen LogP contribution in [0, 0.1) is 15.5 Å². The Kier molecular flexibility index (Phi) is 6.77. The smallest absolute Gasteiger partial charge is 0.269 e. The van der Waals surface area contributed by atoms with Gasteiger partial charge in [-0.15, -0.1) is 12.4 Å². The summed E-state index contributed by atoms with van der Waals surface area (Å²) in [5.41, 5.74) is 0.740. The zero-order valence-corrected chi connectivity index (χ0v) is 13.4. The molecule has 1 fully saturated rings.